The first-order chi connectivity index (χ1) is 19.2. The summed E-state index contributed by atoms with van der Waals surface area (Å²) in [5.41, 5.74) is 3.12. The van der Waals surface area contributed by atoms with Crippen molar-refractivity contribution in [3.63, 3.8) is 0 Å². The molecule has 4 rings (SSSR count). The lowest BCUT2D eigenvalue weighted by atomic mass is 9.94. The number of carbonyl (C=O) groups excluding carboxylic acids is 2. The minimum atomic E-state index is -4.12. The first-order valence-corrected chi connectivity index (χ1v) is 16.4. The van der Waals surface area contributed by atoms with Crippen molar-refractivity contribution in [1.29, 1.82) is 0 Å². The van der Waals surface area contributed by atoms with E-state index in [4.69, 9.17) is 0 Å². The van der Waals surface area contributed by atoms with Crippen LogP contribution in [0.4, 0.5) is 5.69 Å². The maximum absolute atomic E-state index is 14.0. The number of benzene rings is 1. The summed E-state index contributed by atoms with van der Waals surface area (Å²) in [6.07, 6.45) is 10.6. The van der Waals surface area contributed by atoms with Gasteiger partial charge in [-0.25, -0.2) is 13.4 Å². The van der Waals surface area contributed by atoms with E-state index in [1.165, 1.54) is 6.07 Å². The summed E-state index contributed by atoms with van der Waals surface area (Å²) in [5, 5.41) is 2.89. The van der Waals surface area contributed by atoms with E-state index in [9.17, 15) is 18.0 Å². The number of likely N-dealkylation sites (tertiary alicyclic amines) is 1. The van der Waals surface area contributed by atoms with Crippen LogP contribution in [0.5, 0.6) is 0 Å². The molecule has 1 atom stereocenters. The maximum Gasteiger partial charge on any atom is 0.243 e. The van der Waals surface area contributed by atoms with Gasteiger partial charge in [0.1, 0.15) is 10.9 Å². The number of carbonyl (C=O) groups is 2. The normalized spacial score (nSPS) is 17.7. The first kappa shape index (κ1) is 30.2. The van der Waals surface area contributed by atoms with Gasteiger partial charge in [-0.1, -0.05) is 45.2 Å². The van der Waals surface area contributed by atoms with Crippen molar-refractivity contribution in [3.05, 3.63) is 41.5 Å². The third kappa shape index (κ3) is 7.32. The van der Waals surface area contributed by atoms with Gasteiger partial charge in [-0.05, 0) is 75.3 Å². The molecule has 2 aromatic rings. The molecule has 2 aliphatic rings. The zero-order valence-electron chi connectivity index (χ0n) is 24.2. The Balaban J connectivity index is 1.60. The van der Waals surface area contributed by atoms with E-state index in [1.807, 2.05) is 17.9 Å². The SMILES string of the molecule is CCC(=O)Nc1c(C2CCCC2)cccc1S(=O)(=O)NC(CCCc1nc[nH]c1C)C(=O)N1CCC(CC)CC1. The predicted octanol–water partition coefficient (Wildman–Crippen LogP) is 5.04. The minimum absolute atomic E-state index is 0.0318. The Labute approximate surface area is 239 Å². The average Bonchev–Trinajstić information content (AvgIpc) is 3.64. The topological polar surface area (TPSA) is 124 Å². The second kappa shape index (κ2) is 13.8. The van der Waals surface area contributed by atoms with Gasteiger partial charge in [0.15, 0.2) is 0 Å². The van der Waals surface area contributed by atoms with Gasteiger partial charge in [-0.2, -0.15) is 4.72 Å². The van der Waals surface area contributed by atoms with Crippen molar-refractivity contribution in [2.45, 2.75) is 108 Å². The number of rotatable bonds is 12. The van der Waals surface area contributed by atoms with Crippen LogP contribution in [-0.4, -0.2) is 54.2 Å². The van der Waals surface area contributed by atoms with Gasteiger partial charge in [-0.3, -0.25) is 9.59 Å². The number of aryl methyl sites for hydroxylation is 2. The van der Waals surface area contributed by atoms with E-state index in [-0.39, 0.29) is 29.0 Å². The number of sulfonamides is 1. The summed E-state index contributed by atoms with van der Waals surface area (Å²) in [6.45, 7) is 7.16. The van der Waals surface area contributed by atoms with Crippen molar-refractivity contribution in [2.24, 2.45) is 5.92 Å². The number of anilines is 1. The van der Waals surface area contributed by atoms with Gasteiger partial charge < -0.3 is 15.2 Å². The molecule has 1 aliphatic carbocycles. The molecule has 0 spiro atoms. The Bertz CT molecular complexity index is 1260. The number of amides is 2. The quantitative estimate of drug-likeness (QED) is 0.329. The number of piperidine rings is 1. The molecule has 0 radical (unpaired) electrons. The molecule has 10 heteroatoms. The summed E-state index contributed by atoms with van der Waals surface area (Å²) in [6, 6.07) is 4.31. The second-order valence-electron chi connectivity index (χ2n) is 11.3. The Morgan fingerprint density at radius 3 is 2.48 bits per heavy atom. The van der Waals surface area contributed by atoms with Crippen LogP contribution >= 0.6 is 0 Å². The monoisotopic (exact) mass is 571 g/mol. The molecule has 2 fully saturated rings. The van der Waals surface area contributed by atoms with Gasteiger partial charge in [0, 0.05) is 25.2 Å². The predicted molar refractivity (Wildman–Crippen MR) is 157 cm³/mol. The van der Waals surface area contributed by atoms with E-state index in [2.05, 4.69) is 26.9 Å². The van der Waals surface area contributed by atoms with E-state index < -0.39 is 16.1 Å². The largest absolute Gasteiger partial charge is 0.348 e. The van der Waals surface area contributed by atoms with Crippen LogP contribution in [0.15, 0.2) is 29.4 Å². The molecular weight excluding hydrogens is 526 g/mol. The molecular formula is C30H45N5O4S. The van der Waals surface area contributed by atoms with Gasteiger partial charge in [0.2, 0.25) is 21.8 Å². The van der Waals surface area contributed by atoms with Crippen LogP contribution in [0.2, 0.25) is 0 Å². The van der Waals surface area contributed by atoms with Crippen LogP contribution in [0, 0.1) is 12.8 Å². The van der Waals surface area contributed by atoms with Crippen LogP contribution in [0.1, 0.15) is 101 Å². The summed E-state index contributed by atoms with van der Waals surface area (Å²) in [7, 11) is -4.12. The molecule has 1 aromatic heterocycles. The molecule has 40 heavy (non-hydrogen) atoms. The fraction of sp³-hybridized carbons (Fsp3) is 0.633. The van der Waals surface area contributed by atoms with E-state index in [1.54, 1.807) is 19.3 Å². The highest BCUT2D eigenvalue weighted by atomic mass is 32.2. The fourth-order valence-corrected chi connectivity index (χ4v) is 7.50. The lowest BCUT2D eigenvalue weighted by Gasteiger charge is -2.34. The Morgan fingerprint density at radius 1 is 1.12 bits per heavy atom. The molecule has 1 unspecified atom stereocenters. The summed E-state index contributed by atoms with van der Waals surface area (Å²) < 4.78 is 30.7. The average molecular weight is 572 g/mol. The zero-order valence-corrected chi connectivity index (χ0v) is 25.0. The number of hydrogen-bond donors (Lipinski definition) is 3. The summed E-state index contributed by atoms with van der Waals surface area (Å²) in [4.78, 5) is 35.5. The molecule has 1 saturated carbocycles. The summed E-state index contributed by atoms with van der Waals surface area (Å²) in [5.74, 6) is 0.396. The van der Waals surface area contributed by atoms with Crippen molar-refractivity contribution in [1.82, 2.24) is 19.6 Å². The number of imidazole rings is 1. The lowest BCUT2D eigenvalue weighted by molar-refractivity contribution is -0.134. The van der Waals surface area contributed by atoms with Gasteiger partial charge in [-0.15, -0.1) is 0 Å². The number of para-hydroxylation sites is 1. The van der Waals surface area contributed by atoms with Crippen LogP contribution in [0.25, 0.3) is 0 Å². The Kier molecular flexibility index (Phi) is 10.4. The molecule has 3 N–H and O–H groups in total. The molecule has 2 heterocycles. The molecule has 0 bridgehead atoms. The maximum atomic E-state index is 14.0. The van der Waals surface area contributed by atoms with Gasteiger partial charge >= 0.3 is 0 Å². The highest BCUT2D eigenvalue weighted by molar-refractivity contribution is 7.89. The molecule has 9 nitrogen and oxygen atoms in total. The van der Waals surface area contributed by atoms with Gasteiger partial charge in [0.05, 0.1) is 17.7 Å². The summed E-state index contributed by atoms with van der Waals surface area (Å²) >= 11 is 0. The zero-order chi connectivity index (χ0) is 28.7. The number of nitrogens with one attached hydrogen (secondary N) is 3. The Hall–Kier alpha value is -2.72. The van der Waals surface area contributed by atoms with Crippen molar-refractivity contribution < 1.29 is 18.0 Å². The highest BCUT2D eigenvalue weighted by Crippen LogP contribution is 2.40. The minimum Gasteiger partial charge on any atom is -0.348 e. The van der Waals surface area contributed by atoms with E-state index in [0.717, 1.165) is 61.9 Å². The van der Waals surface area contributed by atoms with Crippen molar-refractivity contribution in [3.8, 4) is 0 Å². The standard InChI is InChI=1S/C30H45N5O4S/c1-4-22-16-18-35(19-17-22)30(37)26(14-9-13-25-21(3)31-20-32-25)34-40(38,39)27-15-8-12-24(23-10-6-7-11-23)29(27)33-28(36)5-2/h8,12,15,20,22-23,26,34H,4-7,9-11,13-14,16-19H2,1-3H3,(H,31,32)(H,33,36). The number of aromatic amines is 1. The lowest BCUT2D eigenvalue weighted by Crippen LogP contribution is -2.50. The third-order valence-corrected chi connectivity index (χ3v) is 10.2. The van der Waals surface area contributed by atoms with Crippen molar-refractivity contribution in [2.75, 3.05) is 18.4 Å². The fourth-order valence-electron chi connectivity index (χ4n) is 6.09. The van der Waals surface area contributed by atoms with E-state index >= 15 is 0 Å². The number of aromatic nitrogens is 2. The molecule has 1 saturated heterocycles. The van der Waals surface area contributed by atoms with Crippen LogP contribution < -0.4 is 10.0 Å². The van der Waals surface area contributed by atoms with E-state index in [0.29, 0.717) is 44.0 Å². The third-order valence-electron chi connectivity index (χ3n) is 8.67. The Morgan fingerprint density at radius 2 is 1.85 bits per heavy atom. The molecule has 1 aliphatic heterocycles. The number of nitrogens with zero attached hydrogens (tertiary/aromatic N) is 2. The van der Waals surface area contributed by atoms with Crippen LogP contribution in [-0.2, 0) is 26.0 Å². The second-order valence-corrected chi connectivity index (χ2v) is 13.0. The molecule has 220 valence electrons. The van der Waals surface area contributed by atoms with Gasteiger partial charge in [0.25, 0.3) is 0 Å². The number of hydrogen-bond acceptors (Lipinski definition) is 5. The molecule has 1 aromatic carbocycles. The number of H-pyrrole nitrogens is 1. The molecule has 2 amide bonds. The first-order valence-electron chi connectivity index (χ1n) is 15.0. The highest BCUT2D eigenvalue weighted by Gasteiger charge is 2.33. The van der Waals surface area contributed by atoms with Crippen LogP contribution in [0.3, 0.4) is 0 Å². The van der Waals surface area contributed by atoms with Crippen molar-refractivity contribution >= 4 is 27.5 Å². The smallest absolute Gasteiger partial charge is 0.243 e.